The zero-order chi connectivity index (χ0) is 15.3. The fraction of sp³-hybridized carbons (Fsp3) is 0.286. The minimum atomic E-state index is -4.38. The summed E-state index contributed by atoms with van der Waals surface area (Å²) in [7, 11) is 0. The van der Waals surface area contributed by atoms with Crippen LogP contribution >= 0.6 is 0 Å². The lowest BCUT2D eigenvalue weighted by atomic mass is 10.2. The number of alkyl halides is 3. The molecule has 0 aliphatic heterocycles. The zero-order valence-electron chi connectivity index (χ0n) is 11.3. The van der Waals surface area contributed by atoms with E-state index in [4.69, 9.17) is 0 Å². The number of aromatic nitrogens is 2. The Kier molecular flexibility index (Phi) is 5.19. The van der Waals surface area contributed by atoms with Gasteiger partial charge in [0.05, 0.1) is 0 Å². The second-order valence-electron chi connectivity index (χ2n) is 4.24. The lowest BCUT2D eigenvalue weighted by Gasteiger charge is -2.06. The van der Waals surface area contributed by atoms with Gasteiger partial charge < -0.3 is 0 Å². The van der Waals surface area contributed by atoms with Crippen LogP contribution in [0.2, 0.25) is 0 Å². The Balaban J connectivity index is 0.000000217. The van der Waals surface area contributed by atoms with Crippen LogP contribution in [0, 0.1) is 26.6 Å². The summed E-state index contributed by atoms with van der Waals surface area (Å²) in [6.45, 7) is 4.80. The van der Waals surface area contributed by atoms with Crippen LogP contribution in [-0.4, -0.2) is 9.97 Å². The molecule has 0 radical (unpaired) electrons. The van der Waals surface area contributed by atoms with E-state index in [2.05, 4.69) is 9.97 Å². The molecule has 1 heterocycles. The molecule has 1 aromatic heterocycles. The second-order valence-corrected chi connectivity index (χ2v) is 4.24. The van der Waals surface area contributed by atoms with Crippen molar-refractivity contribution in [1.82, 2.24) is 9.97 Å². The van der Waals surface area contributed by atoms with E-state index in [9.17, 15) is 17.6 Å². The van der Waals surface area contributed by atoms with E-state index in [1.807, 2.05) is 13.0 Å². The maximum Gasteiger partial charge on any atom is 0.433 e. The van der Waals surface area contributed by atoms with Gasteiger partial charge >= 0.3 is 6.18 Å². The van der Waals surface area contributed by atoms with Crippen LogP contribution in [0.1, 0.15) is 22.8 Å². The Morgan fingerprint density at radius 3 is 2.00 bits per heavy atom. The molecule has 0 bridgehead atoms. The lowest BCUT2D eigenvalue weighted by Crippen LogP contribution is -2.10. The van der Waals surface area contributed by atoms with Crippen molar-refractivity contribution >= 4 is 0 Å². The monoisotopic (exact) mass is 286 g/mol. The molecule has 0 atom stereocenters. The molecule has 0 saturated carbocycles. The van der Waals surface area contributed by atoms with E-state index < -0.39 is 11.9 Å². The van der Waals surface area contributed by atoms with Crippen LogP contribution in [-0.2, 0) is 6.18 Å². The smallest absolute Gasteiger partial charge is 0.239 e. The van der Waals surface area contributed by atoms with Gasteiger partial charge in [-0.2, -0.15) is 13.2 Å². The van der Waals surface area contributed by atoms with Gasteiger partial charge in [-0.05, 0) is 44.5 Å². The van der Waals surface area contributed by atoms with Gasteiger partial charge in [0.15, 0.2) is 0 Å². The van der Waals surface area contributed by atoms with Crippen molar-refractivity contribution in [2.45, 2.75) is 26.9 Å². The third kappa shape index (κ3) is 5.34. The second kappa shape index (κ2) is 6.45. The van der Waals surface area contributed by atoms with Crippen LogP contribution in [0.25, 0.3) is 0 Å². The minimum Gasteiger partial charge on any atom is -0.239 e. The van der Waals surface area contributed by atoms with Crippen LogP contribution < -0.4 is 0 Å². The van der Waals surface area contributed by atoms with E-state index in [1.54, 1.807) is 6.07 Å². The van der Waals surface area contributed by atoms with E-state index >= 15 is 0 Å². The first kappa shape index (κ1) is 16.1. The van der Waals surface area contributed by atoms with Gasteiger partial charge in [0, 0.05) is 5.69 Å². The highest BCUT2D eigenvalue weighted by atomic mass is 19.4. The average molecular weight is 286 g/mol. The molecule has 0 spiro atoms. The summed E-state index contributed by atoms with van der Waals surface area (Å²) < 4.78 is 48.3. The summed E-state index contributed by atoms with van der Waals surface area (Å²) in [5, 5.41) is 0. The quantitative estimate of drug-likeness (QED) is 0.677. The lowest BCUT2D eigenvalue weighted by molar-refractivity contribution is -0.141. The first-order valence-corrected chi connectivity index (χ1v) is 5.80. The molecule has 0 N–H and O–H groups in total. The Bertz CT molecular complexity index is 542. The van der Waals surface area contributed by atoms with Crippen LogP contribution in [0.4, 0.5) is 17.6 Å². The van der Waals surface area contributed by atoms with E-state index in [0.29, 0.717) is 5.69 Å². The highest BCUT2D eigenvalue weighted by Crippen LogP contribution is 2.27. The van der Waals surface area contributed by atoms with Gasteiger partial charge in [0.1, 0.15) is 17.3 Å². The SMILES string of the molecule is Cc1cc(C(F)(F)F)nc(C)n1.Cc1cccc(F)c1. The molecule has 2 aromatic rings. The van der Waals surface area contributed by atoms with Crippen molar-refractivity contribution in [1.29, 1.82) is 0 Å². The number of rotatable bonds is 0. The maximum absolute atomic E-state index is 12.2. The predicted octanol–water partition coefficient (Wildman–Crippen LogP) is 4.25. The number of hydrogen-bond donors (Lipinski definition) is 0. The van der Waals surface area contributed by atoms with Crippen molar-refractivity contribution in [3.05, 3.63) is 58.9 Å². The van der Waals surface area contributed by atoms with Crippen LogP contribution in [0.3, 0.4) is 0 Å². The molecule has 20 heavy (non-hydrogen) atoms. The summed E-state index contributed by atoms with van der Waals surface area (Å²) in [6, 6.07) is 7.42. The van der Waals surface area contributed by atoms with Crippen LogP contribution in [0.5, 0.6) is 0 Å². The maximum atomic E-state index is 12.2. The van der Waals surface area contributed by atoms with E-state index in [0.717, 1.165) is 11.6 Å². The summed E-state index contributed by atoms with van der Waals surface area (Å²) in [5.41, 5.74) is 0.410. The molecule has 0 aliphatic rings. The van der Waals surface area contributed by atoms with Gasteiger partial charge in [-0.15, -0.1) is 0 Å². The fourth-order valence-corrected chi connectivity index (χ4v) is 1.47. The van der Waals surface area contributed by atoms with E-state index in [-0.39, 0.29) is 11.6 Å². The third-order valence-corrected chi connectivity index (χ3v) is 2.24. The van der Waals surface area contributed by atoms with Gasteiger partial charge in [-0.3, -0.25) is 0 Å². The van der Waals surface area contributed by atoms with E-state index in [1.165, 1.54) is 26.0 Å². The topological polar surface area (TPSA) is 25.8 Å². The van der Waals surface area contributed by atoms with Crippen LogP contribution in [0.15, 0.2) is 30.3 Å². The molecule has 0 unspecified atom stereocenters. The molecule has 0 fully saturated rings. The number of hydrogen-bond acceptors (Lipinski definition) is 2. The van der Waals surface area contributed by atoms with Gasteiger partial charge in [0.25, 0.3) is 0 Å². The standard InChI is InChI=1S/C7H7F3N2.C7H7F/c1-4-3-6(7(8,9)10)12-5(2)11-4;1-6-3-2-4-7(8)5-6/h3H,1-2H3;2-5H,1H3. The summed E-state index contributed by atoms with van der Waals surface area (Å²) in [6.07, 6.45) is -4.38. The first-order chi connectivity index (χ1) is 9.18. The molecular formula is C14H14F4N2. The first-order valence-electron chi connectivity index (χ1n) is 5.80. The number of halogens is 4. The fourth-order valence-electron chi connectivity index (χ4n) is 1.47. The molecule has 108 valence electrons. The average Bonchev–Trinajstić information content (AvgIpc) is 2.26. The summed E-state index contributed by atoms with van der Waals surface area (Å²) in [5.74, 6) is -0.0210. The molecular weight excluding hydrogens is 272 g/mol. The molecule has 1 aromatic carbocycles. The Morgan fingerprint density at radius 2 is 1.60 bits per heavy atom. The highest BCUT2D eigenvalue weighted by Gasteiger charge is 2.32. The molecule has 0 aliphatic carbocycles. The molecule has 0 amide bonds. The minimum absolute atomic E-state index is 0.141. The Hall–Kier alpha value is -1.98. The Labute approximate surface area is 114 Å². The molecule has 2 rings (SSSR count). The Morgan fingerprint density at radius 1 is 0.950 bits per heavy atom. The van der Waals surface area contributed by atoms with Crippen molar-refractivity contribution in [2.75, 3.05) is 0 Å². The largest absolute Gasteiger partial charge is 0.433 e. The normalized spacial score (nSPS) is 10.8. The van der Waals surface area contributed by atoms with Gasteiger partial charge in [-0.25, -0.2) is 14.4 Å². The molecule has 0 saturated heterocycles. The van der Waals surface area contributed by atoms with Gasteiger partial charge in [0.2, 0.25) is 0 Å². The summed E-state index contributed by atoms with van der Waals surface area (Å²) in [4.78, 5) is 7.01. The third-order valence-electron chi connectivity index (χ3n) is 2.24. The van der Waals surface area contributed by atoms with Crippen molar-refractivity contribution in [2.24, 2.45) is 0 Å². The number of aryl methyl sites for hydroxylation is 3. The number of nitrogens with zero attached hydrogens (tertiary/aromatic N) is 2. The molecule has 6 heteroatoms. The predicted molar refractivity (Wildman–Crippen MR) is 67.6 cm³/mol. The van der Waals surface area contributed by atoms with Crippen molar-refractivity contribution < 1.29 is 17.6 Å². The van der Waals surface area contributed by atoms with Crippen molar-refractivity contribution in [3.8, 4) is 0 Å². The summed E-state index contributed by atoms with van der Waals surface area (Å²) >= 11 is 0. The van der Waals surface area contributed by atoms with Gasteiger partial charge in [-0.1, -0.05) is 12.1 Å². The zero-order valence-corrected chi connectivity index (χ0v) is 11.3. The molecule has 2 nitrogen and oxygen atoms in total. The number of benzene rings is 1. The van der Waals surface area contributed by atoms with Crippen molar-refractivity contribution in [3.63, 3.8) is 0 Å². The highest BCUT2D eigenvalue weighted by molar-refractivity contribution is 5.13.